The number of phenols is 1. The van der Waals surface area contributed by atoms with Crippen LogP contribution in [0.5, 0.6) is 5.75 Å². The fraction of sp³-hybridized carbons (Fsp3) is 0.385. The number of aromatic hydroxyl groups is 1. The molecule has 11 heteroatoms. The maximum absolute atomic E-state index is 13.8. The summed E-state index contributed by atoms with van der Waals surface area (Å²) in [6, 6.07) is 2.13. The first kappa shape index (κ1) is 26.0. The number of benzene rings is 1. The number of primary amides is 2. The predicted molar refractivity (Wildman–Crippen MR) is 131 cm³/mol. The first-order valence-electron chi connectivity index (χ1n) is 11.8. The number of amides is 3. The van der Waals surface area contributed by atoms with Gasteiger partial charge in [0.15, 0.2) is 11.4 Å². The van der Waals surface area contributed by atoms with Gasteiger partial charge in [-0.15, -0.1) is 0 Å². The lowest BCUT2D eigenvalue weighted by molar-refractivity contribution is -0.155. The minimum absolute atomic E-state index is 0.0170. The molecular formula is C26H29N3O8. The van der Waals surface area contributed by atoms with Gasteiger partial charge in [-0.1, -0.05) is 19.9 Å². The topological polar surface area (TPSA) is 213 Å². The van der Waals surface area contributed by atoms with E-state index in [0.29, 0.717) is 16.7 Å². The number of hydrogen-bond acceptors (Lipinski definition) is 8. The molecule has 37 heavy (non-hydrogen) atoms. The van der Waals surface area contributed by atoms with Crippen LogP contribution < -0.4 is 16.8 Å². The molecule has 3 amide bonds. The van der Waals surface area contributed by atoms with Crippen molar-refractivity contribution in [3.05, 3.63) is 51.9 Å². The van der Waals surface area contributed by atoms with Crippen molar-refractivity contribution in [1.29, 1.82) is 0 Å². The zero-order valence-electron chi connectivity index (χ0n) is 20.5. The smallest absolute Gasteiger partial charge is 0.316 e. The third-order valence-corrected chi connectivity index (χ3v) is 7.71. The van der Waals surface area contributed by atoms with E-state index in [2.05, 4.69) is 5.32 Å². The zero-order chi connectivity index (χ0) is 27.6. The standard InChI is InChI=1S/C26H29N3O8/c1-9(2)16-14-7-11-6-13-12(10(3)8-29-25(28)36)4-5-15(30)18(13)21(32)17(11)22(33)26(14,37)23(34)19(20(16)31)24(27)35/h4-5,8-9,11,14,16,30,32,34,37H,6-7H2,1-3H3,(H2,27,35)(H3,28,29,36)/b10-8-/t11-,14-,16-,26-/m0/s1. The van der Waals surface area contributed by atoms with Crippen molar-refractivity contribution >= 4 is 34.8 Å². The number of ketones is 2. The number of aliphatic hydroxyl groups excluding tert-OH is 2. The Morgan fingerprint density at radius 1 is 1.16 bits per heavy atom. The van der Waals surface area contributed by atoms with E-state index in [4.69, 9.17) is 11.5 Å². The van der Waals surface area contributed by atoms with Crippen molar-refractivity contribution in [2.45, 2.75) is 39.2 Å². The lowest BCUT2D eigenvalue weighted by Crippen LogP contribution is -2.62. The number of carbonyl (C=O) groups is 4. The van der Waals surface area contributed by atoms with Crippen LogP contribution in [0, 0.1) is 23.7 Å². The van der Waals surface area contributed by atoms with Crippen LogP contribution in [0.1, 0.15) is 43.9 Å². The Hall–Kier alpha value is -4.12. The van der Waals surface area contributed by atoms with Gasteiger partial charge in [-0.2, -0.15) is 0 Å². The van der Waals surface area contributed by atoms with Crippen LogP contribution in [0.4, 0.5) is 4.79 Å². The molecule has 1 aromatic carbocycles. The Morgan fingerprint density at radius 2 is 1.81 bits per heavy atom. The van der Waals surface area contributed by atoms with E-state index in [1.54, 1.807) is 26.8 Å². The number of nitrogens with one attached hydrogen (secondary N) is 1. The summed E-state index contributed by atoms with van der Waals surface area (Å²) in [4.78, 5) is 50.2. The summed E-state index contributed by atoms with van der Waals surface area (Å²) in [6.45, 7) is 5.08. The van der Waals surface area contributed by atoms with Gasteiger partial charge in [0.1, 0.15) is 22.8 Å². The van der Waals surface area contributed by atoms with E-state index in [9.17, 15) is 39.6 Å². The molecule has 3 aliphatic rings. The highest BCUT2D eigenvalue weighted by Crippen LogP contribution is 2.55. The fourth-order valence-electron chi connectivity index (χ4n) is 6.11. The van der Waals surface area contributed by atoms with Crippen molar-refractivity contribution in [2.75, 3.05) is 0 Å². The molecule has 0 heterocycles. The lowest BCUT2D eigenvalue weighted by atomic mass is 9.54. The number of urea groups is 1. The summed E-state index contributed by atoms with van der Waals surface area (Å²) >= 11 is 0. The first-order chi connectivity index (χ1) is 17.2. The molecule has 9 N–H and O–H groups in total. The number of Topliss-reactive ketones (excluding diaryl/α,β-unsaturated/α-hetero) is 2. The van der Waals surface area contributed by atoms with Gasteiger partial charge in [0, 0.05) is 23.6 Å². The van der Waals surface area contributed by atoms with Gasteiger partial charge >= 0.3 is 6.03 Å². The highest BCUT2D eigenvalue weighted by atomic mass is 16.3. The van der Waals surface area contributed by atoms with Crippen molar-refractivity contribution in [2.24, 2.45) is 35.1 Å². The molecule has 4 atom stereocenters. The summed E-state index contributed by atoms with van der Waals surface area (Å²) in [6.07, 6.45) is 1.53. The Kier molecular flexibility index (Phi) is 6.15. The van der Waals surface area contributed by atoms with Crippen molar-refractivity contribution < 1.29 is 39.6 Å². The molecule has 0 unspecified atom stereocenters. The molecule has 1 fully saturated rings. The third-order valence-electron chi connectivity index (χ3n) is 7.71. The molecule has 196 valence electrons. The molecule has 3 aliphatic carbocycles. The number of aliphatic hydroxyl groups is 3. The second-order valence-corrected chi connectivity index (χ2v) is 10.1. The van der Waals surface area contributed by atoms with Gasteiger partial charge in [0.25, 0.3) is 5.91 Å². The van der Waals surface area contributed by atoms with Crippen LogP contribution in [-0.4, -0.2) is 49.5 Å². The normalized spacial score (nSPS) is 27.6. The van der Waals surface area contributed by atoms with Crippen molar-refractivity contribution in [3.8, 4) is 5.75 Å². The molecule has 0 saturated heterocycles. The summed E-state index contributed by atoms with van der Waals surface area (Å²) in [5, 5.41) is 46.7. The van der Waals surface area contributed by atoms with Crippen LogP contribution in [0.2, 0.25) is 0 Å². The van der Waals surface area contributed by atoms with E-state index in [-0.39, 0.29) is 29.7 Å². The van der Waals surface area contributed by atoms with Gasteiger partial charge in [-0.05, 0) is 54.4 Å². The van der Waals surface area contributed by atoms with Gasteiger partial charge < -0.3 is 37.2 Å². The number of phenolic OH excluding ortho intramolecular Hbond substituents is 1. The highest BCUT2D eigenvalue weighted by molar-refractivity contribution is 6.23. The molecule has 0 aliphatic heterocycles. The SMILES string of the molecule is C/C(=C/NC(N)=O)c1ccc(O)c2c1C[C@H]1C[C@H]3[C@H](C(C)C)C(=O)C(C(N)=O)=C(O)[C@@]3(O)C(=O)C1=C2O. The molecule has 0 bridgehead atoms. The van der Waals surface area contributed by atoms with E-state index in [0.717, 1.165) is 0 Å². The second-order valence-electron chi connectivity index (χ2n) is 10.1. The van der Waals surface area contributed by atoms with E-state index in [1.165, 1.54) is 12.3 Å². The fourth-order valence-corrected chi connectivity index (χ4v) is 6.11. The molecule has 1 saturated carbocycles. The van der Waals surface area contributed by atoms with E-state index >= 15 is 0 Å². The number of allylic oxidation sites excluding steroid dienone is 1. The average molecular weight is 512 g/mol. The largest absolute Gasteiger partial charge is 0.508 e. The first-order valence-corrected chi connectivity index (χ1v) is 11.8. The minimum atomic E-state index is -2.65. The van der Waals surface area contributed by atoms with Crippen LogP contribution in [-0.2, 0) is 20.8 Å². The van der Waals surface area contributed by atoms with E-state index in [1.807, 2.05) is 0 Å². The Balaban J connectivity index is 1.95. The van der Waals surface area contributed by atoms with Crippen LogP contribution in [0.15, 0.2) is 35.2 Å². The Labute approximate surface area is 212 Å². The van der Waals surface area contributed by atoms with Crippen molar-refractivity contribution in [3.63, 3.8) is 0 Å². The second kappa shape index (κ2) is 8.77. The summed E-state index contributed by atoms with van der Waals surface area (Å²) < 4.78 is 0. The molecule has 4 rings (SSSR count). The quantitative estimate of drug-likeness (QED) is 0.292. The summed E-state index contributed by atoms with van der Waals surface area (Å²) in [5.74, 6) is -8.27. The van der Waals surface area contributed by atoms with Crippen LogP contribution >= 0.6 is 0 Å². The number of carbonyl (C=O) groups excluding carboxylic acids is 4. The van der Waals surface area contributed by atoms with Crippen LogP contribution in [0.25, 0.3) is 11.3 Å². The van der Waals surface area contributed by atoms with E-state index < -0.39 is 69.9 Å². The monoisotopic (exact) mass is 511 g/mol. The Morgan fingerprint density at radius 3 is 2.38 bits per heavy atom. The number of hydrogen-bond donors (Lipinski definition) is 7. The van der Waals surface area contributed by atoms with Gasteiger partial charge in [-0.25, -0.2) is 4.79 Å². The number of fused-ring (bicyclic) bond motifs is 3. The lowest BCUT2D eigenvalue weighted by Gasteiger charge is -2.50. The van der Waals surface area contributed by atoms with Gasteiger partial charge in [0.05, 0.1) is 5.56 Å². The van der Waals surface area contributed by atoms with Crippen LogP contribution in [0.3, 0.4) is 0 Å². The highest BCUT2D eigenvalue weighted by Gasteiger charge is 2.64. The van der Waals surface area contributed by atoms with Gasteiger partial charge in [-0.3, -0.25) is 14.4 Å². The molecule has 0 aromatic heterocycles. The third kappa shape index (κ3) is 3.69. The maximum atomic E-state index is 13.8. The molecule has 11 nitrogen and oxygen atoms in total. The molecule has 1 aromatic rings. The molecular weight excluding hydrogens is 482 g/mol. The minimum Gasteiger partial charge on any atom is -0.508 e. The predicted octanol–water partition coefficient (Wildman–Crippen LogP) is 1.34. The number of nitrogens with two attached hydrogens (primary N) is 2. The zero-order valence-corrected chi connectivity index (χ0v) is 20.5. The summed E-state index contributed by atoms with van der Waals surface area (Å²) in [5.41, 5.74) is 8.37. The Bertz CT molecular complexity index is 1360. The van der Waals surface area contributed by atoms with Crippen molar-refractivity contribution in [1.82, 2.24) is 5.32 Å². The van der Waals surface area contributed by atoms with Gasteiger partial charge in [0.2, 0.25) is 5.78 Å². The number of rotatable bonds is 4. The molecule has 0 radical (unpaired) electrons. The summed E-state index contributed by atoms with van der Waals surface area (Å²) in [7, 11) is 0. The average Bonchev–Trinajstić information content (AvgIpc) is 2.79. The molecule has 0 spiro atoms. The maximum Gasteiger partial charge on any atom is 0.316 e.